The topological polar surface area (TPSA) is 64.4 Å². The first-order valence-corrected chi connectivity index (χ1v) is 11.7. The lowest BCUT2D eigenvalue weighted by molar-refractivity contribution is -0.153. The van der Waals surface area contributed by atoms with Crippen molar-refractivity contribution in [3.8, 4) is 0 Å². The van der Waals surface area contributed by atoms with E-state index in [1.165, 1.54) is 0 Å². The number of hydrogen-bond donors (Lipinski definition) is 0. The van der Waals surface area contributed by atoms with E-state index in [-0.39, 0.29) is 12.5 Å². The summed E-state index contributed by atoms with van der Waals surface area (Å²) in [6.45, 7) is 2.33. The molecule has 6 nitrogen and oxygen atoms in total. The van der Waals surface area contributed by atoms with Gasteiger partial charge in [0, 0.05) is 11.6 Å². The van der Waals surface area contributed by atoms with Gasteiger partial charge in [0.05, 0.1) is 23.7 Å². The zero-order valence-electron chi connectivity index (χ0n) is 18.7. The highest BCUT2D eigenvalue weighted by molar-refractivity contribution is 6.30. The van der Waals surface area contributed by atoms with E-state index >= 15 is 0 Å². The molecule has 1 aliphatic heterocycles. The minimum Gasteiger partial charge on any atom is -0.465 e. The van der Waals surface area contributed by atoms with Gasteiger partial charge in [-0.1, -0.05) is 66.2 Å². The van der Waals surface area contributed by atoms with Crippen LogP contribution < -0.4 is 4.90 Å². The van der Waals surface area contributed by atoms with Crippen LogP contribution in [-0.2, 0) is 20.7 Å². The normalized spacial score (nSPS) is 17.6. The molecule has 0 N–H and O–H groups in total. The van der Waals surface area contributed by atoms with Crippen LogP contribution in [-0.4, -0.2) is 34.6 Å². The number of anilines is 1. The van der Waals surface area contributed by atoms with Crippen LogP contribution in [0.1, 0.15) is 24.1 Å². The third-order valence-corrected chi connectivity index (χ3v) is 6.42. The lowest BCUT2D eigenvalue weighted by Gasteiger charge is -2.38. The standard InChI is InChI=1S/C27H24ClN3O3/c1-2-34-26(33)23-24(19-12-14-20(28)15-13-19)31-22-11-7-6-10-21(22)29-27(31)30(25(23)32)17-16-18-8-4-3-5-9-18/h3-15,23-24H,2,16-17H2,1H3. The summed E-state index contributed by atoms with van der Waals surface area (Å²) >= 11 is 6.14. The SMILES string of the molecule is CCOC(=O)C1C(=O)N(CCc2ccccc2)c2nc3ccccc3n2C1c1ccc(Cl)cc1. The van der Waals surface area contributed by atoms with Crippen LogP contribution in [0.5, 0.6) is 0 Å². The number of carbonyl (C=O) groups excluding carboxylic acids is 2. The van der Waals surface area contributed by atoms with Crippen LogP contribution in [0, 0.1) is 5.92 Å². The van der Waals surface area contributed by atoms with Crippen LogP contribution in [0.3, 0.4) is 0 Å². The van der Waals surface area contributed by atoms with Crippen molar-refractivity contribution in [3.05, 3.63) is 95.0 Å². The fourth-order valence-corrected chi connectivity index (χ4v) is 4.73. The Kier molecular flexibility index (Phi) is 6.07. The molecule has 1 aliphatic rings. The van der Waals surface area contributed by atoms with Crippen molar-refractivity contribution < 1.29 is 14.3 Å². The number of carbonyl (C=O) groups is 2. The number of esters is 1. The number of hydrogen-bond acceptors (Lipinski definition) is 4. The number of para-hydroxylation sites is 2. The van der Waals surface area contributed by atoms with Crippen LogP contribution in [0.25, 0.3) is 11.0 Å². The molecule has 1 aromatic heterocycles. The summed E-state index contributed by atoms with van der Waals surface area (Å²) in [6, 6.07) is 24.3. The molecule has 34 heavy (non-hydrogen) atoms. The first-order chi connectivity index (χ1) is 16.6. The van der Waals surface area contributed by atoms with E-state index in [9.17, 15) is 9.59 Å². The predicted octanol–water partition coefficient (Wildman–Crippen LogP) is 5.05. The van der Waals surface area contributed by atoms with E-state index in [1.54, 1.807) is 24.0 Å². The van der Waals surface area contributed by atoms with Gasteiger partial charge in [0.15, 0.2) is 5.92 Å². The number of ether oxygens (including phenoxy) is 1. The molecule has 4 aromatic rings. The highest BCUT2D eigenvalue weighted by atomic mass is 35.5. The molecule has 0 aliphatic carbocycles. The van der Waals surface area contributed by atoms with Crippen molar-refractivity contribution in [3.63, 3.8) is 0 Å². The maximum Gasteiger partial charge on any atom is 0.321 e. The highest BCUT2D eigenvalue weighted by Gasteiger charge is 2.47. The third-order valence-electron chi connectivity index (χ3n) is 6.16. The van der Waals surface area contributed by atoms with Gasteiger partial charge in [-0.2, -0.15) is 0 Å². The van der Waals surface area contributed by atoms with Crippen molar-refractivity contribution >= 4 is 40.5 Å². The quantitative estimate of drug-likeness (QED) is 0.290. The third kappa shape index (κ3) is 3.94. The predicted molar refractivity (Wildman–Crippen MR) is 132 cm³/mol. The molecule has 172 valence electrons. The Bertz CT molecular complexity index is 1330. The second kappa shape index (κ2) is 9.31. The molecule has 3 aromatic carbocycles. The van der Waals surface area contributed by atoms with Crippen LogP contribution in [0.15, 0.2) is 78.9 Å². The van der Waals surface area contributed by atoms with Crippen molar-refractivity contribution in [2.75, 3.05) is 18.1 Å². The van der Waals surface area contributed by atoms with Crippen molar-refractivity contribution in [2.45, 2.75) is 19.4 Å². The average Bonchev–Trinajstić information content (AvgIpc) is 3.23. The van der Waals surface area contributed by atoms with Crippen molar-refractivity contribution in [1.82, 2.24) is 9.55 Å². The van der Waals surface area contributed by atoms with Gasteiger partial charge < -0.3 is 9.30 Å². The Morgan fingerprint density at radius 2 is 1.71 bits per heavy atom. The fourth-order valence-electron chi connectivity index (χ4n) is 4.61. The largest absolute Gasteiger partial charge is 0.465 e. The minimum absolute atomic E-state index is 0.192. The zero-order chi connectivity index (χ0) is 23.7. The van der Waals surface area contributed by atoms with Crippen LogP contribution in [0.2, 0.25) is 5.02 Å². The van der Waals surface area contributed by atoms with E-state index in [2.05, 4.69) is 0 Å². The van der Waals surface area contributed by atoms with Gasteiger partial charge in [-0.15, -0.1) is 0 Å². The number of halogens is 1. The fraction of sp³-hybridized carbons (Fsp3) is 0.222. The van der Waals surface area contributed by atoms with Gasteiger partial charge in [-0.05, 0) is 48.7 Å². The number of imidazole rings is 1. The molecule has 0 bridgehead atoms. The first kappa shape index (κ1) is 22.2. The Balaban J connectivity index is 1.68. The molecule has 2 atom stereocenters. The van der Waals surface area contributed by atoms with Crippen LogP contribution in [0.4, 0.5) is 5.95 Å². The Morgan fingerprint density at radius 1 is 1.00 bits per heavy atom. The van der Waals surface area contributed by atoms with Crippen molar-refractivity contribution in [1.29, 1.82) is 0 Å². The van der Waals surface area contributed by atoms with Crippen LogP contribution >= 0.6 is 11.6 Å². The Labute approximate surface area is 202 Å². The number of aromatic nitrogens is 2. The van der Waals surface area contributed by atoms with E-state index < -0.39 is 17.9 Å². The van der Waals surface area contributed by atoms with E-state index in [1.807, 2.05) is 71.3 Å². The lowest BCUT2D eigenvalue weighted by atomic mass is 9.89. The molecule has 1 amide bonds. The highest BCUT2D eigenvalue weighted by Crippen LogP contribution is 2.41. The maximum atomic E-state index is 13.9. The Morgan fingerprint density at radius 3 is 2.44 bits per heavy atom. The molecule has 7 heteroatoms. The Hall–Kier alpha value is -3.64. The lowest BCUT2D eigenvalue weighted by Crippen LogP contribution is -2.50. The summed E-state index contributed by atoms with van der Waals surface area (Å²) in [5.74, 6) is -1.36. The van der Waals surface area contributed by atoms with E-state index in [0.717, 1.165) is 22.2 Å². The van der Waals surface area contributed by atoms with Gasteiger partial charge >= 0.3 is 5.97 Å². The van der Waals surface area contributed by atoms with E-state index in [4.69, 9.17) is 21.3 Å². The second-order valence-corrected chi connectivity index (χ2v) is 8.66. The van der Waals surface area contributed by atoms with Gasteiger partial charge in [-0.3, -0.25) is 14.5 Å². The maximum absolute atomic E-state index is 13.9. The van der Waals surface area contributed by atoms with Gasteiger partial charge in [0.1, 0.15) is 0 Å². The summed E-state index contributed by atoms with van der Waals surface area (Å²) < 4.78 is 7.39. The molecule has 5 rings (SSSR count). The average molecular weight is 474 g/mol. The number of nitrogens with zero attached hydrogens (tertiary/aromatic N) is 3. The summed E-state index contributed by atoms with van der Waals surface area (Å²) in [7, 11) is 0. The molecule has 0 fully saturated rings. The smallest absolute Gasteiger partial charge is 0.321 e. The summed E-state index contributed by atoms with van der Waals surface area (Å²) in [6.07, 6.45) is 0.636. The number of rotatable bonds is 6. The molecular formula is C27H24ClN3O3. The molecule has 0 saturated carbocycles. The monoisotopic (exact) mass is 473 g/mol. The minimum atomic E-state index is -1.04. The number of fused-ring (bicyclic) bond motifs is 3. The zero-order valence-corrected chi connectivity index (χ0v) is 19.5. The first-order valence-electron chi connectivity index (χ1n) is 11.3. The van der Waals surface area contributed by atoms with Gasteiger partial charge in [-0.25, -0.2) is 4.98 Å². The molecule has 0 spiro atoms. The molecule has 2 unspecified atom stereocenters. The van der Waals surface area contributed by atoms with Gasteiger partial charge in [0.2, 0.25) is 11.9 Å². The van der Waals surface area contributed by atoms with E-state index in [0.29, 0.717) is 23.9 Å². The summed E-state index contributed by atoms with van der Waals surface area (Å²) in [4.78, 5) is 33.6. The molecular weight excluding hydrogens is 450 g/mol. The molecule has 0 radical (unpaired) electrons. The summed E-state index contributed by atoms with van der Waals surface area (Å²) in [5.41, 5.74) is 3.51. The van der Waals surface area contributed by atoms with Gasteiger partial charge in [0.25, 0.3) is 0 Å². The molecule has 2 heterocycles. The van der Waals surface area contributed by atoms with Crippen molar-refractivity contribution in [2.24, 2.45) is 5.92 Å². The summed E-state index contributed by atoms with van der Waals surface area (Å²) in [5, 5.41) is 0.582. The second-order valence-electron chi connectivity index (χ2n) is 8.22. The number of amides is 1. The molecule has 0 saturated heterocycles. The number of benzene rings is 3.